The minimum absolute atomic E-state index is 0.162. The normalized spacial score (nSPS) is 20.9. The van der Waals surface area contributed by atoms with Crippen molar-refractivity contribution in [1.29, 1.82) is 0 Å². The fourth-order valence-corrected chi connectivity index (χ4v) is 4.99. The zero-order chi connectivity index (χ0) is 19.9. The van der Waals surface area contributed by atoms with E-state index in [1.165, 1.54) is 6.07 Å². The third-order valence-electron chi connectivity index (χ3n) is 4.25. The molecule has 1 heterocycles. The summed E-state index contributed by atoms with van der Waals surface area (Å²) in [6.07, 6.45) is -0.979. The van der Waals surface area contributed by atoms with Crippen LogP contribution in [0.25, 0.3) is 0 Å². The van der Waals surface area contributed by atoms with Gasteiger partial charge in [-0.25, -0.2) is 18.0 Å². The number of ether oxygens (including phenoxy) is 1. The van der Waals surface area contributed by atoms with Gasteiger partial charge in [-0.3, -0.25) is 4.90 Å². The van der Waals surface area contributed by atoms with Gasteiger partial charge in [-0.1, -0.05) is 17.7 Å². The fourth-order valence-electron chi connectivity index (χ4n) is 3.08. The number of hydrogen-bond donors (Lipinski definition) is 1. The lowest BCUT2D eigenvalue weighted by molar-refractivity contribution is -0.142. The maximum absolute atomic E-state index is 13.0. The van der Waals surface area contributed by atoms with Gasteiger partial charge in [0.2, 0.25) is 0 Å². The van der Waals surface area contributed by atoms with E-state index in [1.54, 1.807) is 39.8 Å². The molecule has 2 atom stereocenters. The van der Waals surface area contributed by atoms with E-state index in [9.17, 15) is 23.1 Å². The van der Waals surface area contributed by atoms with E-state index < -0.39 is 38.8 Å². The van der Waals surface area contributed by atoms with E-state index in [-0.39, 0.29) is 17.9 Å². The Morgan fingerprint density at radius 2 is 1.85 bits per heavy atom. The summed E-state index contributed by atoms with van der Waals surface area (Å²) in [5.74, 6) is -1.24. The molecule has 0 bridgehead atoms. The van der Waals surface area contributed by atoms with E-state index in [1.807, 2.05) is 6.92 Å². The van der Waals surface area contributed by atoms with Crippen molar-refractivity contribution in [2.24, 2.45) is 0 Å². The Bertz CT molecular complexity index is 825. The quantitative estimate of drug-likeness (QED) is 0.861. The predicted octanol–water partition coefficient (Wildman–Crippen LogP) is 2.54. The average molecular weight is 383 g/mol. The number of carbonyl (C=O) groups excluding carboxylic acids is 1. The summed E-state index contributed by atoms with van der Waals surface area (Å²) in [6.45, 7) is 8.36. The topological polar surface area (TPSA) is 101 Å². The molecule has 1 aliphatic rings. The molecule has 26 heavy (non-hydrogen) atoms. The monoisotopic (exact) mass is 383 g/mol. The number of carbonyl (C=O) groups is 2. The van der Waals surface area contributed by atoms with Gasteiger partial charge in [0.15, 0.2) is 9.84 Å². The van der Waals surface area contributed by atoms with Crippen molar-refractivity contribution in [2.75, 3.05) is 6.54 Å². The second-order valence-electron chi connectivity index (χ2n) is 7.66. The van der Waals surface area contributed by atoms with Crippen molar-refractivity contribution in [1.82, 2.24) is 4.90 Å². The Labute approximate surface area is 153 Å². The van der Waals surface area contributed by atoms with Crippen LogP contribution in [0.3, 0.4) is 0 Å². The first-order valence-corrected chi connectivity index (χ1v) is 9.91. The highest BCUT2D eigenvalue weighted by Crippen LogP contribution is 2.31. The molecule has 1 aromatic carbocycles. The van der Waals surface area contributed by atoms with Crippen LogP contribution in [0.1, 0.15) is 38.3 Å². The number of aliphatic carboxylic acids is 1. The van der Waals surface area contributed by atoms with Crippen LogP contribution < -0.4 is 0 Å². The van der Waals surface area contributed by atoms with Crippen LogP contribution in [0.5, 0.6) is 0 Å². The number of nitrogens with zero attached hydrogens (tertiary/aromatic N) is 1. The Hall–Kier alpha value is -2.09. The summed E-state index contributed by atoms with van der Waals surface area (Å²) in [5.41, 5.74) is 0.740. The summed E-state index contributed by atoms with van der Waals surface area (Å²) in [4.78, 5) is 25.1. The Morgan fingerprint density at radius 1 is 1.23 bits per heavy atom. The highest BCUT2D eigenvalue weighted by Gasteiger charge is 2.47. The van der Waals surface area contributed by atoms with Crippen LogP contribution in [0.2, 0.25) is 0 Å². The molecule has 2 unspecified atom stereocenters. The fraction of sp³-hybridized carbons (Fsp3) is 0.556. The number of rotatable bonds is 3. The predicted molar refractivity (Wildman–Crippen MR) is 95.9 cm³/mol. The van der Waals surface area contributed by atoms with E-state index in [0.717, 1.165) is 10.5 Å². The van der Waals surface area contributed by atoms with Crippen molar-refractivity contribution in [2.45, 2.75) is 62.8 Å². The number of likely N-dealkylation sites (tertiary alicyclic amines) is 1. The number of benzene rings is 1. The lowest BCUT2D eigenvalue weighted by Gasteiger charge is -2.26. The molecule has 1 N–H and O–H groups in total. The van der Waals surface area contributed by atoms with Gasteiger partial charge < -0.3 is 9.84 Å². The van der Waals surface area contributed by atoms with Gasteiger partial charge >= 0.3 is 12.1 Å². The molecular formula is C18H25NO6S. The van der Waals surface area contributed by atoms with Gasteiger partial charge in [0, 0.05) is 6.54 Å². The number of sulfone groups is 1. The van der Waals surface area contributed by atoms with E-state index in [0.29, 0.717) is 5.56 Å². The van der Waals surface area contributed by atoms with E-state index in [4.69, 9.17) is 4.74 Å². The molecule has 0 saturated carbocycles. The number of carboxylic acids is 1. The first kappa shape index (κ1) is 20.2. The minimum Gasteiger partial charge on any atom is -0.480 e. The van der Waals surface area contributed by atoms with Crippen molar-refractivity contribution >= 4 is 21.9 Å². The smallest absolute Gasteiger partial charge is 0.411 e. The van der Waals surface area contributed by atoms with Crippen LogP contribution in [0.4, 0.5) is 4.79 Å². The van der Waals surface area contributed by atoms with Crippen LogP contribution in [-0.4, -0.2) is 53.9 Å². The molecule has 2 rings (SSSR count). The first-order valence-electron chi connectivity index (χ1n) is 8.36. The zero-order valence-electron chi connectivity index (χ0n) is 15.6. The standard InChI is InChI=1S/C18H25NO6S/c1-11-6-7-15(12(2)8-11)26(23,24)13-9-14(16(20)21)19(10-13)17(22)25-18(3,4)5/h6-8,13-14H,9-10H2,1-5H3,(H,20,21). The van der Waals surface area contributed by atoms with Crippen LogP contribution >= 0.6 is 0 Å². The van der Waals surface area contributed by atoms with Crippen LogP contribution in [-0.2, 0) is 19.4 Å². The molecule has 1 amide bonds. The van der Waals surface area contributed by atoms with Crippen molar-refractivity contribution in [3.63, 3.8) is 0 Å². The molecule has 0 aromatic heterocycles. The van der Waals surface area contributed by atoms with E-state index >= 15 is 0 Å². The van der Waals surface area contributed by atoms with Gasteiger partial charge in [-0.05, 0) is 52.7 Å². The summed E-state index contributed by atoms with van der Waals surface area (Å²) >= 11 is 0. The SMILES string of the molecule is Cc1ccc(S(=O)(=O)C2CC(C(=O)O)N(C(=O)OC(C)(C)C)C2)c(C)c1. The molecule has 1 fully saturated rings. The minimum atomic E-state index is -3.78. The zero-order valence-corrected chi connectivity index (χ0v) is 16.5. The van der Waals surface area contributed by atoms with Crippen molar-refractivity contribution in [3.05, 3.63) is 29.3 Å². The Morgan fingerprint density at radius 3 is 2.35 bits per heavy atom. The number of hydrogen-bond acceptors (Lipinski definition) is 5. The number of amides is 1. The Balaban J connectivity index is 2.34. The maximum Gasteiger partial charge on any atom is 0.411 e. The first-order chi connectivity index (χ1) is 11.8. The van der Waals surface area contributed by atoms with Crippen molar-refractivity contribution in [3.8, 4) is 0 Å². The molecule has 0 radical (unpaired) electrons. The molecule has 0 spiro atoms. The maximum atomic E-state index is 13.0. The second-order valence-corrected chi connectivity index (χ2v) is 9.85. The summed E-state index contributed by atoms with van der Waals surface area (Å²) in [7, 11) is -3.78. The molecule has 7 nitrogen and oxygen atoms in total. The molecule has 0 aliphatic carbocycles. The highest BCUT2D eigenvalue weighted by atomic mass is 32.2. The lowest BCUT2D eigenvalue weighted by atomic mass is 10.2. The highest BCUT2D eigenvalue weighted by molar-refractivity contribution is 7.92. The van der Waals surface area contributed by atoms with Gasteiger partial charge in [0.1, 0.15) is 11.6 Å². The molecule has 8 heteroatoms. The van der Waals surface area contributed by atoms with E-state index in [2.05, 4.69) is 0 Å². The second kappa shape index (κ2) is 6.90. The lowest BCUT2D eigenvalue weighted by Crippen LogP contribution is -2.43. The molecule has 144 valence electrons. The third-order valence-corrected chi connectivity index (χ3v) is 6.54. The summed E-state index contributed by atoms with van der Waals surface area (Å²) in [6, 6.07) is 3.78. The van der Waals surface area contributed by atoms with Gasteiger partial charge in [-0.15, -0.1) is 0 Å². The van der Waals surface area contributed by atoms with Gasteiger partial charge in [0.05, 0.1) is 10.1 Å². The average Bonchev–Trinajstić information content (AvgIpc) is 2.91. The molecule has 1 saturated heterocycles. The van der Waals surface area contributed by atoms with Gasteiger partial charge in [-0.2, -0.15) is 0 Å². The Kier molecular flexibility index (Phi) is 5.37. The molecule has 1 aromatic rings. The molecular weight excluding hydrogens is 358 g/mol. The summed E-state index contributed by atoms with van der Waals surface area (Å²) in [5, 5.41) is 8.44. The van der Waals surface area contributed by atoms with Crippen LogP contribution in [0.15, 0.2) is 23.1 Å². The van der Waals surface area contributed by atoms with Gasteiger partial charge in [0.25, 0.3) is 0 Å². The summed E-state index contributed by atoms with van der Waals surface area (Å²) < 4.78 is 31.3. The molecule has 1 aliphatic heterocycles. The number of carboxylic acid groups (broad SMARTS) is 1. The number of aryl methyl sites for hydroxylation is 2. The largest absolute Gasteiger partial charge is 0.480 e. The van der Waals surface area contributed by atoms with Crippen LogP contribution in [0, 0.1) is 13.8 Å². The third kappa shape index (κ3) is 4.17. The van der Waals surface area contributed by atoms with Crippen molar-refractivity contribution < 1.29 is 27.9 Å².